The number of aromatic nitrogens is 2. The van der Waals surface area contributed by atoms with Gasteiger partial charge in [0.15, 0.2) is 0 Å². The molecule has 0 bridgehead atoms. The van der Waals surface area contributed by atoms with Crippen molar-refractivity contribution >= 4 is 0 Å². The first-order valence-corrected chi connectivity index (χ1v) is 5.64. The fourth-order valence-corrected chi connectivity index (χ4v) is 1.78. The van der Waals surface area contributed by atoms with Gasteiger partial charge in [-0.15, -0.1) is 0 Å². The van der Waals surface area contributed by atoms with Gasteiger partial charge in [0.25, 0.3) is 0 Å². The second kappa shape index (κ2) is 5.88. The van der Waals surface area contributed by atoms with Crippen molar-refractivity contribution in [3.05, 3.63) is 18.2 Å². The third-order valence-corrected chi connectivity index (χ3v) is 2.80. The van der Waals surface area contributed by atoms with Crippen LogP contribution in [-0.2, 0) is 6.54 Å². The van der Waals surface area contributed by atoms with Crippen LogP contribution in [0, 0.1) is 0 Å². The number of aryl methyl sites for hydroxylation is 1. The molecule has 15 heavy (non-hydrogen) atoms. The second-order valence-electron chi connectivity index (χ2n) is 3.84. The molecule has 1 unspecified atom stereocenters. The number of nitrogens with two attached hydrogens (primary N) is 1. The van der Waals surface area contributed by atoms with Gasteiger partial charge in [0.2, 0.25) is 0 Å². The van der Waals surface area contributed by atoms with Gasteiger partial charge in [0.1, 0.15) is 0 Å². The molecule has 0 fully saturated rings. The topological polar surface area (TPSA) is 47.1 Å². The zero-order chi connectivity index (χ0) is 11.3. The number of nitrogens with zero attached hydrogens (tertiary/aromatic N) is 3. The monoisotopic (exact) mass is 210 g/mol. The number of imidazole rings is 1. The summed E-state index contributed by atoms with van der Waals surface area (Å²) in [4.78, 5) is 6.46. The molecule has 0 aliphatic heterocycles. The minimum absolute atomic E-state index is 0.282. The molecule has 1 atom stereocenters. The van der Waals surface area contributed by atoms with Crippen molar-refractivity contribution in [3.8, 4) is 0 Å². The van der Waals surface area contributed by atoms with Crippen LogP contribution in [0.5, 0.6) is 0 Å². The zero-order valence-corrected chi connectivity index (χ0v) is 9.98. The lowest BCUT2D eigenvalue weighted by Crippen LogP contribution is -2.31. The van der Waals surface area contributed by atoms with Crippen molar-refractivity contribution in [2.24, 2.45) is 5.73 Å². The summed E-state index contributed by atoms with van der Waals surface area (Å²) >= 11 is 0. The Morgan fingerprint density at radius 3 is 2.80 bits per heavy atom. The largest absolute Gasteiger partial charge is 0.333 e. The van der Waals surface area contributed by atoms with Crippen LogP contribution in [0.3, 0.4) is 0 Å². The van der Waals surface area contributed by atoms with Crippen molar-refractivity contribution < 1.29 is 0 Å². The van der Waals surface area contributed by atoms with E-state index in [9.17, 15) is 0 Å². The Kier molecular flexibility index (Phi) is 4.78. The minimum Gasteiger partial charge on any atom is -0.333 e. The fourth-order valence-electron chi connectivity index (χ4n) is 1.78. The van der Waals surface area contributed by atoms with Crippen molar-refractivity contribution in [3.63, 3.8) is 0 Å². The van der Waals surface area contributed by atoms with E-state index >= 15 is 0 Å². The van der Waals surface area contributed by atoms with Crippen molar-refractivity contribution in [1.29, 1.82) is 0 Å². The van der Waals surface area contributed by atoms with Gasteiger partial charge in [0.05, 0.1) is 18.1 Å². The van der Waals surface area contributed by atoms with Gasteiger partial charge in [-0.05, 0) is 20.0 Å². The lowest BCUT2D eigenvalue weighted by Gasteiger charge is -2.26. The van der Waals surface area contributed by atoms with Crippen LogP contribution in [0.1, 0.15) is 32.0 Å². The number of hydrogen-bond acceptors (Lipinski definition) is 3. The van der Waals surface area contributed by atoms with Crippen molar-refractivity contribution in [2.45, 2.75) is 32.9 Å². The van der Waals surface area contributed by atoms with Crippen LogP contribution in [0.2, 0.25) is 0 Å². The third kappa shape index (κ3) is 2.79. The third-order valence-electron chi connectivity index (χ3n) is 2.80. The minimum atomic E-state index is 0.282. The highest BCUT2D eigenvalue weighted by Crippen LogP contribution is 2.17. The standard InChI is InChI=1S/C11H22N4/c1-4-6-15-9-13-8-11(15)10(7-12)14(3)5-2/h8-10H,4-7,12H2,1-3H3. The fraction of sp³-hybridized carbons (Fsp3) is 0.727. The molecule has 0 aliphatic carbocycles. The molecule has 0 saturated carbocycles. The maximum Gasteiger partial charge on any atom is 0.0948 e. The molecule has 0 spiro atoms. The van der Waals surface area contributed by atoms with Crippen molar-refractivity contribution in [2.75, 3.05) is 20.1 Å². The summed E-state index contributed by atoms with van der Waals surface area (Å²) in [7, 11) is 2.10. The summed E-state index contributed by atoms with van der Waals surface area (Å²) in [6.45, 7) is 6.97. The van der Waals surface area contributed by atoms with Crippen molar-refractivity contribution in [1.82, 2.24) is 14.5 Å². The van der Waals surface area contributed by atoms with E-state index in [0.717, 1.165) is 19.5 Å². The highest BCUT2D eigenvalue weighted by atomic mass is 15.2. The smallest absolute Gasteiger partial charge is 0.0948 e. The van der Waals surface area contributed by atoms with Gasteiger partial charge in [-0.2, -0.15) is 0 Å². The van der Waals surface area contributed by atoms with Crippen LogP contribution in [-0.4, -0.2) is 34.6 Å². The average molecular weight is 210 g/mol. The quantitative estimate of drug-likeness (QED) is 0.768. The second-order valence-corrected chi connectivity index (χ2v) is 3.84. The van der Waals surface area contributed by atoms with Crippen LogP contribution in [0.25, 0.3) is 0 Å². The van der Waals surface area contributed by atoms with Crippen LogP contribution in [0.4, 0.5) is 0 Å². The molecule has 1 heterocycles. The average Bonchev–Trinajstić information content (AvgIpc) is 2.68. The van der Waals surface area contributed by atoms with Crippen LogP contribution >= 0.6 is 0 Å². The predicted molar refractivity (Wildman–Crippen MR) is 62.6 cm³/mol. The first-order chi connectivity index (χ1) is 7.24. The van der Waals surface area contributed by atoms with Gasteiger partial charge >= 0.3 is 0 Å². The molecule has 0 aromatic carbocycles. The Bertz CT molecular complexity index is 282. The first-order valence-electron chi connectivity index (χ1n) is 5.64. The van der Waals surface area contributed by atoms with Gasteiger partial charge in [-0.3, -0.25) is 4.90 Å². The molecule has 4 nitrogen and oxygen atoms in total. The molecule has 0 saturated heterocycles. The molecule has 0 amide bonds. The molecule has 1 aromatic heterocycles. The molecule has 86 valence electrons. The summed E-state index contributed by atoms with van der Waals surface area (Å²) in [6, 6.07) is 0.282. The van der Waals surface area contributed by atoms with E-state index in [1.807, 2.05) is 12.5 Å². The summed E-state index contributed by atoms with van der Waals surface area (Å²) in [5.74, 6) is 0. The summed E-state index contributed by atoms with van der Waals surface area (Å²) in [6.07, 6.45) is 4.95. The van der Waals surface area contributed by atoms with E-state index in [1.54, 1.807) is 0 Å². The van der Waals surface area contributed by atoms with E-state index in [-0.39, 0.29) is 6.04 Å². The lowest BCUT2D eigenvalue weighted by molar-refractivity contribution is 0.252. The Labute approximate surface area is 92.1 Å². The maximum atomic E-state index is 5.82. The Morgan fingerprint density at radius 2 is 2.27 bits per heavy atom. The van der Waals surface area contributed by atoms with E-state index in [4.69, 9.17) is 5.73 Å². The highest BCUT2D eigenvalue weighted by molar-refractivity contribution is 5.06. The van der Waals surface area contributed by atoms with Gasteiger partial charge in [-0.1, -0.05) is 13.8 Å². The summed E-state index contributed by atoms with van der Waals surface area (Å²) < 4.78 is 2.20. The molecule has 0 aliphatic rings. The zero-order valence-electron chi connectivity index (χ0n) is 9.98. The molecular formula is C11H22N4. The molecule has 1 rings (SSSR count). The molecule has 4 heteroatoms. The van der Waals surface area contributed by atoms with Gasteiger partial charge in [-0.25, -0.2) is 4.98 Å². The Hall–Kier alpha value is -0.870. The van der Waals surface area contributed by atoms with E-state index in [0.29, 0.717) is 6.54 Å². The number of likely N-dealkylation sites (N-methyl/N-ethyl adjacent to an activating group) is 1. The normalized spacial score (nSPS) is 13.4. The maximum absolute atomic E-state index is 5.82. The Morgan fingerprint density at radius 1 is 1.53 bits per heavy atom. The van der Waals surface area contributed by atoms with Gasteiger partial charge in [0, 0.05) is 19.3 Å². The first kappa shape index (κ1) is 12.2. The van der Waals surface area contributed by atoms with E-state index in [2.05, 4.69) is 35.3 Å². The van der Waals surface area contributed by atoms with E-state index < -0.39 is 0 Å². The highest BCUT2D eigenvalue weighted by Gasteiger charge is 2.17. The van der Waals surface area contributed by atoms with E-state index in [1.165, 1.54) is 5.69 Å². The summed E-state index contributed by atoms with van der Waals surface area (Å²) in [5, 5.41) is 0. The Balaban J connectivity index is 2.85. The number of rotatable bonds is 6. The van der Waals surface area contributed by atoms with Crippen LogP contribution in [0.15, 0.2) is 12.5 Å². The van der Waals surface area contributed by atoms with Crippen LogP contribution < -0.4 is 5.73 Å². The number of hydrogen-bond donors (Lipinski definition) is 1. The molecule has 2 N–H and O–H groups in total. The van der Waals surface area contributed by atoms with Gasteiger partial charge < -0.3 is 10.3 Å². The summed E-state index contributed by atoms with van der Waals surface area (Å²) in [5.41, 5.74) is 7.05. The lowest BCUT2D eigenvalue weighted by atomic mass is 10.2. The predicted octanol–water partition coefficient (Wildman–Crippen LogP) is 1.24. The molecule has 1 aromatic rings. The molecule has 0 radical (unpaired) electrons. The molecular weight excluding hydrogens is 188 g/mol. The SMILES string of the molecule is CCCn1cncc1C(CN)N(C)CC.